The van der Waals surface area contributed by atoms with Crippen molar-refractivity contribution in [2.45, 2.75) is 52.5 Å². The highest BCUT2D eigenvalue weighted by Crippen LogP contribution is 2.26. The van der Waals surface area contributed by atoms with E-state index in [2.05, 4.69) is 10.6 Å². The summed E-state index contributed by atoms with van der Waals surface area (Å²) in [6.45, 7) is 8.13. The topological polar surface area (TPSA) is 75.3 Å². The molecule has 0 aliphatic heterocycles. The van der Waals surface area contributed by atoms with Crippen LogP contribution in [0.25, 0.3) is 0 Å². The molecule has 0 unspecified atom stereocenters. The van der Waals surface area contributed by atoms with Crippen molar-refractivity contribution in [2.24, 2.45) is 0 Å². The normalized spacial score (nSPS) is 13.5. The van der Waals surface area contributed by atoms with Crippen molar-refractivity contribution in [2.75, 3.05) is 17.3 Å². The largest absolute Gasteiger partial charge is 0.355 e. The number of Topliss-reactive ketones (excluding diaryl/α,β-unsaturated/α-hetero) is 1. The SMILES string of the molecule is Cc1ccc([C@@H](C)CC(=O)[C@@H](CC[S@](C)=O)NC(=O)c2ccccc2Nc2cccc(C)c2C)cc1. The van der Waals surface area contributed by atoms with E-state index in [0.29, 0.717) is 29.8 Å². The lowest BCUT2D eigenvalue weighted by molar-refractivity contribution is -0.121. The van der Waals surface area contributed by atoms with Crippen LogP contribution in [0.3, 0.4) is 0 Å². The molecule has 1 amide bonds. The number of carbonyl (C=O) groups is 2. The number of aryl methyl sites for hydroxylation is 2. The van der Waals surface area contributed by atoms with Crippen LogP contribution < -0.4 is 10.6 Å². The van der Waals surface area contributed by atoms with Crippen LogP contribution in [-0.2, 0) is 15.6 Å². The molecule has 6 heteroatoms. The van der Waals surface area contributed by atoms with Gasteiger partial charge < -0.3 is 10.6 Å². The van der Waals surface area contributed by atoms with Crippen molar-refractivity contribution in [3.63, 3.8) is 0 Å². The highest BCUT2D eigenvalue weighted by Gasteiger charge is 2.25. The fourth-order valence-corrected chi connectivity index (χ4v) is 4.68. The minimum absolute atomic E-state index is 0.0166. The zero-order valence-electron chi connectivity index (χ0n) is 21.8. The quantitative estimate of drug-likeness (QED) is 0.337. The Morgan fingerprint density at radius 1 is 0.889 bits per heavy atom. The van der Waals surface area contributed by atoms with Gasteiger partial charge in [0.25, 0.3) is 5.91 Å². The van der Waals surface area contributed by atoms with Crippen LogP contribution in [0.2, 0.25) is 0 Å². The molecule has 0 aliphatic rings. The van der Waals surface area contributed by atoms with E-state index in [1.54, 1.807) is 18.4 Å². The van der Waals surface area contributed by atoms with Crippen molar-refractivity contribution in [3.8, 4) is 0 Å². The number of hydrogen-bond acceptors (Lipinski definition) is 4. The smallest absolute Gasteiger partial charge is 0.253 e. The maximum Gasteiger partial charge on any atom is 0.253 e. The van der Waals surface area contributed by atoms with Crippen molar-refractivity contribution >= 4 is 33.9 Å². The van der Waals surface area contributed by atoms with Crippen LogP contribution in [0.4, 0.5) is 11.4 Å². The van der Waals surface area contributed by atoms with Gasteiger partial charge in [0.2, 0.25) is 0 Å². The molecule has 2 N–H and O–H groups in total. The highest BCUT2D eigenvalue weighted by molar-refractivity contribution is 7.84. The van der Waals surface area contributed by atoms with Crippen LogP contribution in [-0.4, -0.2) is 33.9 Å². The van der Waals surface area contributed by atoms with E-state index in [-0.39, 0.29) is 17.6 Å². The first-order chi connectivity index (χ1) is 17.2. The van der Waals surface area contributed by atoms with Crippen molar-refractivity contribution in [1.29, 1.82) is 0 Å². The zero-order valence-corrected chi connectivity index (χ0v) is 22.6. The van der Waals surface area contributed by atoms with Crippen molar-refractivity contribution < 1.29 is 13.8 Å². The summed E-state index contributed by atoms with van der Waals surface area (Å²) >= 11 is 0. The van der Waals surface area contributed by atoms with E-state index in [9.17, 15) is 13.8 Å². The Labute approximate surface area is 217 Å². The summed E-state index contributed by atoms with van der Waals surface area (Å²) in [5.74, 6) is -0.0193. The summed E-state index contributed by atoms with van der Waals surface area (Å²) in [7, 11) is -1.07. The van der Waals surface area contributed by atoms with E-state index >= 15 is 0 Å². The molecule has 3 aromatic carbocycles. The summed E-state index contributed by atoms with van der Waals surface area (Å²) in [5, 5.41) is 6.32. The van der Waals surface area contributed by atoms with Gasteiger partial charge in [0.05, 0.1) is 17.3 Å². The Morgan fingerprint density at radius 3 is 2.25 bits per heavy atom. The van der Waals surface area contributed by atoms with E-state index in [4.69, 9.17) is 0 Å². The van der Waals surface area contributed by atoms with E-state index < -0.39 is 16.8 Å². The predicted octanol–water partition coefficient (Wildman–Crippen LogP) is 5.99. The lowest BCUT2D eigenvalue weighted by Crippen LogP contribution is -2.42. The molecule has 0 heterocycles. The Balaban J connectivity index is 1.78. The molecular weight excluding hydrogens is 468 g/mol. The number of para-hydroxylation sites is 1. The van der Waals surface area contributed by atoms with Gasteiger partial charge in [-0.15, -0.1) is 0 Å². The minimum Gasteiger partial charge on any atom is -0.355 e. The van der Waals surface area contributed by atoms with Crippen molar-refractivity contribution in [3.05, 3.63) is 94.5 Å². The van der Waals surface area contributed by atoms with E-state index in [1.807, 2.05) is 82.3 Å². The van der Waals surface area contributed by atoms with Crippen LogP contribution in [0.1, 0.15) is 58.3 Å². The van der Waals surface area contributed by atoms with Gasteiger partial charge in [0.15, 0.2) is 5.78 Å². The zero-order chi connectivity index (χ0) is 26.2. The second kappa shape index (κ2) is 12.6. The molecular formula is C30H36N2O3S. The third-order valence-electron chi connectivity index (χ3n) is 6.59. The first-order valence-corrected chi connectivity index (χ1v) is 14.0. The first kappa shape index (κ1) is 27.3. The second-order valence-electron chi connectivity index (χ2n) is 9.49. The molecule has 190 valence electrons. The standard InChI is InChI=1S/C30H36N2O3S/c1-20-13-15-24(16-14-20)22(3)19-29(33)28(17-18-36(5)35)32-30(34)25-10-6-7-11-27(25)31-26-12-8-9-21(2)23(26)4/h6-16,22,28,31H,17-19H2,1-5H3,(H,32,34)/t22-,28+,36-/m0/s1. The van der Waals surface area contributed by atoms with Crippen LogP contribution in [0, 0.1) is 20.8 Å². The number of hydrogen-bond donors (Lipinski definition) is 2. The second-order valence-corrected chi connectivity index (χ2v) is 11.0. The molecule has 0 saturated carbocycles. The maximum atomic E-state index is 13.4. The first-order valence-electron chi connectivity index (χ1n) is 12.3. The molecule has 5 nitrogen and oxygen atoms in total. The molecule has 0 aromatic heterocycles. The molecule has 0 radical (unpaired) electrons. The maximum absolute atomic E-state index is 13.4. The number of benzene rings is 3. The summed E-state index contributed by atoms with van der Waals surface area (Å²) in [4.78, 5) is 26.7. The highest BCUT2D eigenvalue weighted by atomic mass is 32.2. The third-order valence-corrected chi connectivity index (χ3v) is 7.40. The average Bonchev–Trinajstić information content (AvgIpc) is 2.85. The van der Waals surface area contributed by atoms with Crippen LogP contribution >= 0.6 is 0 Å². The van der Waals surface area contributed by atoms with E-state index in [0.717, 1.165) is 22.4 Å². The minimum atomic E-state index is -1.07. The number of rotatable bonds is 11. The molecule has 0 saturated heterocycles. The summed E-state index contributed by atoms with van der Waals surface area (Å²) in [6.07, 6.45) is 2.25. The summed E-state index contributed by atoms with van der Waals surface area (Å²) in [6, 6.07) is 20.7. The average molecular weight is 505 g/mol. The monoisotopic (exact) mass is 504 g/mol. The van der Waals surface area contributed by atoms with Crippen LogP contribution in [0.5, 0.6) is 0 Å². The van der Waals surface area contributed by atoms with Gasteiger partial charge >= 0.3 is 0 Å². The van der Waals surface area contributed by atoms with E-state index in [1.165, 1.54) is 5.56 Å². The lowest BCUT2D eigenvalue weighted by Gasteiger charge is -2.21. The Bertz CT molecular complexity index is 1240. The molecule has 0 bridgehead atoms. The molecule has 0 spiro atoms. The number of anilines is 2. The number of amides is 1. The van der Waals surface area contributed by atoms with Gasteiger partial charge in [-0.25, -0.2) is 0 Å². The Hall–Kier alpha value is -3.25. The van der Waals surface area contributed by atoms with Gasteiger partial charge in [-0.05, 0) is 68.0 Å². The molecule has 0 aliphatic carbocycles. The van der Waals surface area contributed by atoms with Crippen molar-refractivity contribution in [1.82, 2.24) is 5.32 Å². The number of carbonyl (C=O) groups excluding carboxylic acids is 2. The number of ketones is 1. The lowest BCUT2D eigenvalue weighted by atomic mass is 9.92. The molecule has 3 rings (SSSR count). The molecule has 3 atom stereocenters. The fraction of sp³-hybridized carbons (Fsp3) is 0.333. The van der Waals surface area contributed by atoms with Gasteiger partial charge in [0.1, 0.15) is 0 Å². The summed E-state index contributed by atoms with van der Waals surface area (Å²) < 4.78 is 11.8. The predicted molar refractivity (Wildman–Crippen MR) is 150 cm³/mol. The Morgan fingerprint density at radius 2 is 1.56 bits per heavy atom. The fourth-order valence-electron chi connectivity index (χ4n) is 4.11. The van der Waals surface area contributed by atoms with Gasteiger partial charge in [0, 0.05) is 34.9 Å². The molecule has 36 heavy (non-hydrogen) atoms. The van der Waals surface area contributed by atoms with Gasteiger partial charge in [-0.1, -0.05) is 61.0 Å². The van der Waals surface area contributed by atoms with Gasteiger partial charge in [-0.3, -0.25) is 13.8 Å². The molecule has 3 aromatic rings. The Kier molecular flexibility index (Phi) is 9.59. The number of nitrogens with one attached hydrogen (secondary N) is 2. The third kappa shape index (κ3) is 7.37. The van der Waals surface area contributed by atoms with Crippen LogP contribution in [0.15, 0.2) is 66.7 Å². The molecule has 0 fully saturated rings. The van der Waals surface area contributed by atoms with Gasteiger partial charge in [-0.2, -0.15) is 0 Å². The summed E-state index contributed by atoms with van der Waals surface area (Å²) in [5.41, 5.74) is 6.57.